The van der Waals surface area contributed by atoms with Gasteiger partial charge in [0.15, 0.2) is 0 Å². The van der Waals surface area contributed by atoms with Crippen molar-refractivity contribution in [3.05, 3.63) is 0 Å². The third kappa shape index (κ3) is 87.4. The maximum atomic E-state index is 9.92. The van der Waals surface area contributed by atoms with E-state index in [1.807, 2.05) is 0 Å². The summed E-state index contributed by atoms with van der Waals surface area (Å²) in [5.74, 6) is 0. The molecule has 0 amide bonds. The minimum Gasteiger partial charge on any atom is -0.456 e. The molecular weight excluding hydrogens is 202 g/mol. The van der Waals surface area contributed by atoms with Crippen LogP contribution in [0.15, 0.2) is 0 Å². The van der Waals surface area contributed by atoms with Crippen molar-refractivity contribution < 1.29 is 49.9 Å². The molecule has 0 fully saturated rings. The molecule has 0 saturated carbocycles. The molecule has 0 aromatic heterocycles. The topological polar surface area (TPSA) is 37.3 Å². The van der Waals surface area contributed by atoms with E-state index in [0.717, 1.165) is 0 Å². The predicted molar refractivity (Wildman–Crippen MR) is 9.13 cm³/mol. The Hall–Kier alpha value is 0.595. The standard InChI is InChI=1S/CHFO2.La/c2-1(3)4;/h(H,3,4);. The Morgan fingerprint density at radius 1 is 1.80 bits per heavy atom. The summed E-state index contributed by atoms with van der Waals surface area (Å²) in [6.45, 7) is 0. The summed E-state index contributed by atoms with van der Waals surface area (Å²) >= 11 is 0. The minimum absolute atomic E-state index is 0. The van der Waals surface area contributed by atoms with Crippen molar-refractivity contribution >= 4 is 6.22 Å². The first kappa shape index (κ1) is 9.14. The Bertz CT molecular complexity index is 32.6. The van der Waals surface area contributed by atoms with E-state index in [4.69, 9.17) is 9.90 Å². The third-order valence-electron chi connectivity index (χ3n) is 0. The van der Waals surface area contributed by atoms with Crippen molar-refractivity contribution in [2.45, 2.75) is 0 Å². The number of carboxylic acid groups (broad SMARTS) is 1. The van der Waals surface area contributed by atoms with Gasteiger partial charge < -0.3 is 5.11 Å². The average Bonchev–Trinajstić information content (AvgIpc) is 0.811. The van der Waals surface area contributed by atoms with Crippen molar-refractivity contribution in [1.29, 1.82) is 0 Å². The molecule has 0 atom stereocenters. The van der Waals surface area contributed by atoms with Gasteiger partial charge >= 0.3 is 6.22 Å². The molecule has 27 valence electrons. The van der Waals surface area contributed by atoms with Crippen LogP contribution in [0.5, 0.6) is 0 Å². The number of halogens is 1. The molecule has 0 spiro atoms. The number of rotatable bonds is 0. The Balaban J connectivity index is 0. The molecule has 5 heavy (non-hydrogen) atoms. The van der Waals surface area contributed by atoms with Gasteiger partial charge in [-0.1, -0.05) is 0 Å². The Morgan fingerprint density at radius 3 is 1.80 bits per heavy atom. The van der Waals surface area contributed by atoms with Crippen LogP contribution in [-0.2, 0) is 0 Å². The van der Waals surface area contributed by atoms with Crippen molar-refractivity contribution in [1.82, 2.24) is 0 Å². The zero-order valence-electron chi connectivity index (χ0n) is 2.31. The fourth-order valence-electron chi connectivity index (χ4n) is 0. The molecule has 1 N–H and O–H groups in total. The van der Waals surface area contributed by atoms with Crippen LogP contribution in [0.4, 0.5) is 9.18 Å². The van der Waals surface area contributed by atoms with Crippen LogP contribution in [0, 0.1) is 35.6 Å². The largest absolute Gasteiger partial charge is 0.492 e. The fourth-order valence-corrected chi connectivity index (χ4v) is 0. The van der Waals surface area contributed by atoms with E-state index in [1.165, 1.54) is 0 Å². The zero-order valence-corrected chi connectivity index (χ0v) is 5.94. The molecule has 0 aliphatic rings. The van der Waals surface area contributed by atoms with E-state index in [9.17, 15) is 4.39 Å². The van der Waals surface area contributed by atoms with Crippen LogP contribution in [0.25, 0.3) is 0 Å². The molecule has 0 saturated heterocycles. The van der Waals surface area contributed by atoms with Crippen LogP contribution in [0.1, 0.15) is 0 Å². The van der Waals surface area contributed by atoms with E-state index in [2.05, 4.69) is 0 Å². The molecule has 0 bridgehead atoms. The number of carbonyl (C=O) groups is 1. The van der Waals surface area contributed by atoms with Gasteiger partial charge in [0, 0.05) is 35.6 Å². The third-order valence-corrected chi connectivity index (χ3v) is 0. The van der Waals surface area contributed by atoms with Gasteiger partial charge in [-0.05, 0) is 0 Å². The molecule has 0 aliphatic heterocycles. The van der Waals surface area contributed by atoms with Crippen LogP contribution >= 0.6 is 0 Å². The van der Waals surface area contributed by atoms with Crippen LogP contribution in [0.3, 0.4) is 0 Å². The monoisotopic (exact) mass is 203 g/mol. The van der Waals surface area contributed by atoms with E-state index >= 15 is 0 Å². The molecular formula is CHFLaO2. The summed E-state index contributed by atoms with van der Waals surface area (Å²) in [4.78, 5) is 8.33. The summed E-state index contributed by atoms with van der Waals surface area (Å²) in [7, 11) is 0. The fraction of sp³-hybridized carbons (Fsp3) is 0. The summed E-state index contributed by atoms with van der Waals surface area (Å²) in [5.41, 5.74) is 0. The van der Waals surface area contributed by atoms with E-state index in [0.29, 0.717) is 0 Å². The van der Waals surface area contributed by atoms with Crippen LogP contribution in [-0.4, -0.2) is 11.3 Å². The second kappa shape index (κ2) is 4.59. The van der Waals surface area contributed by atoms with Gasteiger partial charge in [0.1, 0.15) is 0 Å². The van der Waals surface area contributed by atoms with Crippen molar-refractivity contribution in [2.24, 2.45) is 0 Å². The first-order valence-corrected chi connectivity index (χ1v) is 0.617. The molecule has 2 nitrogen and oxygen atoms in total. The van der Waals surface area contributed by atoms with Gasteiger partial charge in [0.2, 0.25) is 0 Å². The second-order valence-electron chi connectivity index (χ2n) is 0.253. The maximum absolute atomic E-state index is 9.92. The van der Waals surface area contributed by atoms with Gasteiger partial charge in [-0.2, -0.15) is 0 Å². The molecule has 0 aromatic carbocycles. The summed E-state index contributed by atoms with van der Waals surface area (Å²) in [6, 6.07) is 0. The van der Waals surface area contributed by atoms with Crippen molar-refractivity contribution in [3.8, 4) is 0 Å². The minimum atomic E-state index is -2.33. The molecule has 1 radical (unpaired) electrons. The van der Waals surface area contributed by atoms with Crippen LogP contribution < -0.4 is 0 Å². The zero-order chi connectivity index (χ0) is 3.58. The second-order valence-corrected chi connectivity index (χ2v) is 0.253. The summed E-state index contributed by atoms with van der Waals surface area (Å²) in [6.07, 6.45) is -2.33. The quantitative estimate of drug-likeness (QED) is 0.586. The van der Waals surface area contributed by atoms with Crippen molar-refractivity contribution in [3.63, 3.8) is 0 Å². The normalized spacial score (nSPS) is 5.00. The molecule has 0 rings (SSSR count). The van der Waals surface area contributed by atoms with Gasteiger partial charge in [-0.25, -0.2) is 4.79 Å². The first-order chi connectivity index (χ1) is 1.73. The molecule has 0 unspecified atom stereocenters. The average molecular weight is 203 g/mol. The van der Waals surface area contributed by atoms with E-state index in [1.54, 1.807) is 0 Å². The molecule has 0 aliphatic carbocycles. The van der Waals surface area contributed by atoms with Gasteiger partial charge in [-0.15, -0.1) is 4.39 Å². The number of hydrogen-bond donors (Lipinski definition) is 1. The van der Waals surface area contributed by atoms with E-state index < -0.39 is 6.22 Å². The maximum Gasteiger partial charge on any atom is 0.492 e. The Morgan fingerprint density at radius 2 is 1.80 bits per heavy atom. The van der Waals surface area contributed by atoms with Crippen LogP contribution in [0.2, 0.25) is 0 Å². The Labute approximate surface area is 56.0 Å². The van der Waals surface area contributed by atoms with Gasteiger partial charge in [0.05, 0.1) is 0 Å². The first-order valence-electron chi connectivity index (χ1n) is 0.617. The van der Waals surface area contributed by atoms with E-state index in [-0.39, 0.29) is 35.6 Å². The van der Waals surface area contributed by atoms with Gasteiger partial charge in [0.25, 0.3) is 0 Å². The predicted octanol–water partition coefficient (Wildman–Crippen LogP) is 0.634. The summed E-state index contributed by atoms with van der Waals surface area (Å²) in [5, 5.41) is 6.75. The van der Waals surface area contributed by atoms with Gasteiger partial charge in [-0.3, -0.25) is 0 Å². The Kier molecular flexibility index (Phi) is 8.40. The molecule has 4 heteroatoms. The SMILES string of the molecule is O=C(O)F.[La]. The molecule has 0 heterocycles. The van der Waals surface area contributed by atoms with Crippen molar-refractivity contribution in [2.75, 3.05) is 0 Å². The summed E-state index contributed by atoms with van der Waals surface area (Å²) < 4.78 is 9.92. The smallest absolute Gasteiger partial charge is 0.456 e. The molecule has 0 aromatic rings. The number of hydrogen-bond acceptors (Lipinski definition) is 1.